The minimum atomic E-state index is -0.130. The van der Waals surface area contributed by atoms with E-state index in [1.54, 1.807) is 31.4 Å². The van der Waals surface area contributed by atoms with Gasteiger partial charge in [-0.2, -0.15) is 5.10 Å². The van der Waals surface area contributed by atoms with E-state index < -0.39 is 0 Å². The predicted molar refractivity (Wildman–Crippen MR) is 136 cm³/mol. The molecule has 0 aliphatic carbocycles. The first-order valence-corrected chi connectivity index (χ1v) is 12.3. The zero-order chi connectivity index (χ0) is 24.9. The van der Waals surface area contributed by atoms with E-state index in [1.807, 2.05) is 36.9 Å². The largest absolute Gasteiger partial charge is 0.508 e. The molecule has 2 heterocycles. The molecule has 7 heteroatoms. The van der Waals surface area contributed by atoms with Gasteiger partial charge < -0.3 is 9.84 Å². The number of nitrogens with zero attached hydrogens (tertiary/aromatic N) is 4. The van der Waals surface area contributed by atoms with Crippen LogP contribution in [0.15, 0.2) is 48.7 Å². The van der Waals surface area contributed by atoms with Crippen LogP contribution in [0.25, 0.3) is 0 Å². The van der Waals surface area contributed by atoms with Crippen molar-refractivity contribution in [2.24, 2.45) is 13.0 Å². The van der Waals surface area contributed by atoms with Crippen molar-refractivity contribution in [1.82, 2.24) is 19.6 Å². The molecule has 4 rings (SSSR count). The Labute approximate surface area is 207 Å². The van der Waals surface area contributed by atoms with Gasteiger partial charge >= 0.3 is 0 Å². The number of halogens is 1. The summed E-state index contributed by atoms with van der Waals surface area (Å²) in [6.45, 7) is 5.40. The van der Waals surface area contributed by atoms with Crippen LogP contribution in [0, 0.1) is 18.7 Å². The molecule has 1 unspecified atom stereocenters. The molecule has 1 atom stereocenters. The van der Waals surface area contributed by atoms with Crippen LogP contribution in [-0.2, 0) is 26.6 Å². The van der Waals surface area contributed by atoms with Crippen LogP contribution >= 0.6 is 0 Å². The van der Waals surface area contributed by atoms with Crippen LogP contribution in [0.4, 0.5) is 4.39 Å². The van der Waals surface area contributed by atoms with E-state index in [-0.39, 0.29) is 11.9 Å². The van der Waals surface area contributed by atoms with Crippen LogP contribution < -0.4 is 4.74 Å². The van der Waals surface area contributed by atoms with Gasteiger partial charge in [-0.25, -0.2) is 4.39 Å². The number of ether oxygens (including phenoxy) is 1. The maximum absolute atomic E-state index is 14.6. The standard InChI is InChI=1S/C28H37FN4O2/c1-20-24(18-32(3)30-20)17-31(2)27(16-22-7-5-6-8-26(22)29)21-11-13-33(14-12-21)19-23-15-25(35-4)9-10-28(23)34/h5-10,15,18,21,27,34H,11-14,16-17,19H2,1-4H3. The Kier molecular flexibility index (Phi) is 8.08. The topological polar surface area (TPSA) is 53.8 Å². The molecule has 188 valence electrons. The first kappa shape index (κ1) is 25.2. The summed E-state index contributed by atoms with van der Waals surface area (Å²) in [5, 5.41) is 14.8. The predicted octanol–water partition coefficient (Wildman–Crippen LogP) is 4.54. The summed E-state index contributed by atoms with van der Waals surface area (Å²) in [6.07, 6.45) is 4.82. The Morgan fingerprint density at radius 2 is 1.89 bits per heavy atom. The summed E-state index contributed by atoms with van der Waals surface area (Å²) in [6, 6.07) is 12.7. The molecule has 1 aliphatic rings. The van der Waals surface area contributed by atoms with Crippen molar-refractivity contribution in [2.45, 2.75) is 45.3 Å². The Hall–Kier alpha value is -2.90. The van der Waals surface area contributed by atoms with Gasteiger partial charge in [-0.05, 0) is 82.1 Å². The number of methoxy groups -OCH3 is 1. The molecular formula is C28H37FN4O2. The second-order valence-corrected chi connectivity index (χ2v) is 9.80. The fourth-order valence-corrected chi connectivity index (χ4v) is 5.31. The fourth-order valence-electron chi connectivity index (χ4n) is 5.31. The van der Waals surface area contributed by atoms with Crippen LogP contribution in [-0.4, -0.2) is 58.0 Å². The van der Waals surface area contributed by atoms with Gasteiger partial charge in [0.1, 0.15) is 17.3 Å². The molecule has 1 saturated heterocycles. The Bertz CT molecular complexity index is 1120. The number of aromatic hydroxyl groups is 1. The van der Waals surface area contributed by atoms with Gasteiger partial charge in [-0.1, -0.05) is 18.2 Å². The van der Waals surface area contributed by atoms with Crippen molar-refractivity contribution in [3.63, 3.8) is 0 Å². The van der Waals surface area contributed by atoms with Crippen molar-refractivity contribution in [3.05, 3.63) is 76.9 Å². The molecule has 35 heavy (non-hydrogen) atoms. The van der Waals surface area contributed by atoms with Gasteiger partial charge in [0.25, 0.3) is 0 Å². The Balaban J connectivity index is 1.46. The number of likely N-dealkylation sites (tertiary alicyclic amines) is 1. The number of rotatable bonds is 9. The third-order valence-corrected chi connectivity index (χ3v) is 7.34. The lowest BCUT2D eigenvalue weighted by Gasteiger charge is -2.40. The lowest BCUT2D eigenvalue weighted by atomic mass is 9.84. The highest BCUT2D eigenvalue weighted by molar-refractivity contribution is 5.39. The Morgan fingerprint density at radius 3 is 2.54 bits per heavy atom. The highest BCUT2D eigenvalue weighted by atomic mass is 19.1. The number of hydrogen-bond acceptors (Lipinski definition) is 5. The molecule has 3 aromatic rings. The van der Waals surface area contributed by atoms with E-state index in [4.69, 9.17) is 4.74 Å². The summed E-state index contributed by atoms with van der Waals surface area (Å²) in [5.74, 6) is 1.38. The third-order valence-electron chi connectivity index (χ3n) is 7.34. The number of piperidine rings is 1. The highest BCUT2D eigenvalue weighted by Gasteiger charge is 2.30. The average molecular weight is 481 g/mol. The quantitative estimate of drug-likeness (QED) is 0.488. The van der Waals surface area contributed by atoms with Crippen molar-refractivity contribution in [3.8, 4) is 11.5 Å². The summed E-state index contributed by atoms with van der Waals surface area (Å²) in [4.78, 5) is 4.76. The Morgan fingerprint density at radius 1 is 1.14 bits per heavy atom. The molecule has 1 aromatic heterocycles. The maximum atomic E-state index is 14.6. The molecule has 0 saturated carbocycles. The smallest absolute Gasteiger partial charge is 0.126 e. The fraction of sp³-hybridized carbons (Fsp3) is 0.464. The minimum absolute atomic E-state index is 0.130. The minimum Gasteiger partial charge on any atom is -0.508 e. The summed E-state index contributed by atoms with van der Waals surface area (Å²) >= 11 is 0. The molecule has 0 amide bonds. The molecular weight excluding hydrogens is 443 g/mol. The summed E-state index contributed by atoms with van der Waals surface area (Å²) in [7, 11) is 5.74. The van der Waals surface area contributed by atoms with Gasteiger partial charge in [-0.15, -0.1) is 0 Å². The number of hydrogen-bond donors (Lipinski definition) is 1. The van der Waals surface area contributed by atoms with Crippen LogP contribution in [0.5, 0.6) is 11.5 Å². The molecule has 1 N–H and O–H groups in total. The zero-order valence-corrected chi connectivity index (χ0v) is 21.2. The van der Waals surface area contributed by atoms with E-state index >= 15 is 0 Å². The molecule has 0 radical (unpaired) electrons. The number of likely N-dealkylation sites (N-methyl/N-ethyl adjacent to an activating group) is 1. The monoisotopic (exact) mass is 480 g/mol. The van der Waals surface area contributed by atoms with E-state index in [1.165, 1.54) is 5.56 Å². The first-order valence-electron chi connectivity index (χ1n) is 12.3. The number of benzene rings is 2. The van der Waals surface area contributed by atoms with Crippen molar-refractivity contribution in [2.75, 3.05) is 27.2 Å². The first-order chi connectivity index (χ1) is 16.8. The van der Waals surface area contributed by atoms with Crippen molar-refractivity contribution in [1.29, 1.82) is 0 Å². The number of aryl methyl sites for hydroxylation is 2. The lowest BCUT2D eigenvalue weighted by Crippen LogP contribution is -2.45. The normalized spacial score (nSPS) is 16.1. The molecule has 1 aliphatic heterocycles. The van der Waals surface area contributed by atoms with E-state index in [0.29, 0.717) is 24.6 Å². The number of phenols is 1. The van der Waals surface area contributed by atoms with Gasteiger partial charge in [0.2, 0.25) is 0 Å². The molecule has 2 aromatic carbocycles. The summed E-state index contributed by atoms with van der Waals surface area (Å²) < 4.78 is 21.8. The van der Waals surface area contributed by atoms with Crippen molar-refractivity contribution < 1.29 is 14.2 Å². The highest BCUT2D eigenvalue weighted by Crippen LogP contribution is 2.30. The van der Waals surface area contributed by atoms with Gasteiger partial charge in [0, 0.05) is 43.5 Å². The van der Waals surface area contributed by atoms with Crippen LogP contribution in [0.1, 0.15) is 35.2 Å². The van der Waals surface area contributed by atoms with E-state index in [0.717, 1.165) is 55.0 Å². The molecule has 0 bridgehead atoms. The molecule has 6 nitrogen and oxygen atoms in total. The SMILES string of the molecule is COc1ccc(O)c(CN2CCC(C(Cc3ccccc3F)N(C)Cc3cn(C)nc3C)CC2)c1. The van der Waals surface area contributed by atoms with Crippen LogP contribution in [0.3, 0.4) is 0 Å². The number of aromatic nitrogens is 2. The molecule has 0 spiro atoms. The van der Waals surface area contributed by atoms with E-state index in [9.17, 15) is 9.50 Å². The maximum Gasteiger partial charge on any atom is 0.126 e. The average Bonchev–Trinajstić information content (AvgIpc) is 3.16. The second-order valence-electron chi connectivity index (χ2n) is 9.80. The third kappa shape index (κ3) is 6.21. The van der Waals surface area contributed by atoms with Crippen LogP contribution in [0.2, 0.25) is 0 Å². The lowest BCUT2D eigenvalue weighted by molar-refractivity contribution is 0.0944. The van der Waals surface area contributed by atoms with Gasteiger partial charge in [0.05, 0.1) is 12.8 Å². The van der Waals surface area contributed by atoms with Gasteiger partial charge in [-0.3, -0.25) is 14.5 Å². The second kappa shape index (κ2) is 11.2. The molecule has 1 fully saturated rings. The summed E-state index contributed by atoms with van der Waals surface area (Å²) in [5.41, 5.74) is 3.90. The van der Waals surface area contributed by atoms with Crippen molar-refractivity contribution >= 4 is 0 Å². The van der Waals surface area contributed by atoms with E-state index in [2.05, 4.69) is 28.1 Å². The number of phenolic OH excluding ortho intramolecular Hbond substituents is 1. The van der Waals surface area contributed by atoms with Gasteiger partial charge in [0.15, 0.2) is 0 Å². The zero-order valence-electron chi connectivity index (χ0n) is 21.2.